The van der Waals surface area contributed by atoms with Crippen LogP contribution in [0, 0.1) is 5.82 Å². The van der Waals surface area contributed by atoms with Crippen LogP contribution in [0.2, 0.25) is 0 Å². The Labute approximate surface area is 168 Å². The SMILES string of the molecule is COc1ccc(-c2cc(CN(C(=O)c3ccc(F)cc3)C(C)C)no2)c(OC)c1. The Morgan fingerprint density at radius 3 is 2.45 bits per heavy atom. The molecule has 0 atom stereocenters. The van der Waals surface area contributed by atoms with E-state index in [-0.39, 0.29) is 24.3 Å². The molecule has 0 aliphatic heterocycles. The third kappa shape index (κ3) is 4.56. The Morgan fingerprint density at radius 1 is 1.10 bits per heavy atom. The molecule has 3 aromatic rings. The van der Waals surface area contributed by atoms with Crippen LogP contribution < -0.4 is 9.47 Å². The molecule has 2 aromatic carbocycles. The summed E-state index contributed by atoms with van der Waals surface area (Å²) >= 11 is 0. The second kappa shape index (κ2) is 8.77. The fraction of sp³-hybridized carbons (Fsp3) is 0.273. The summed E-state index contributed by atoms with van der Waals surface area (Å²) in [5.41, 5.74) is 1.75. The lowest BCUT2D eigenvalue weighted by molar-refractivity contribution is 0.0686. The van der Waals surface area contributed by atoms with Crippen molar-refractivity contribution in [3.05, 3.63) is 65.6 Å². The average Bonchev–Trinajstić information content (AvgIpc) is 3.19. The van der Waals surface area contributed by atoms with Gasteiger partial charge < -0.3 is 18.9 Å². The van der Waals surface area contributed by atoms with Gasteiger partial charge in [0.15, 0.2) is 5.76 Å². The van der Waals surface area contributed by atoms with Gasteiger partial charge in [0.2, 0.25) is 0 Å². The first-order chi connectivity index (χ1) is 13.9. The number of methoxy groups -OCH3 is 2. The van der Waals surface area contributed by atoms with Crippen LogP contribution in [-0.2, 0) is 6.54 Å². The molecule has 3 rings (SSSR count). The van der Waals surface area contributed by atoms with Crippen LogP contribution in [0.3, 0.4) is 0 Å². The van der Waals surface area contributed by atoms with Crippen molar-refractivity contribution in [2.75, 3.05) is 14.2 Å². The van der Waals surface area contributed by atoms with Gasteiger partial charge in [0, 0.05) is 23.7 Å². The number of carbonyl (C=O) groups excluding carboxylic acids is 1. The smallest absolute Gasteiger partial charge is 0.254 e. The summed E-state index contributed by atoms with van der Waals surface area (Å²) in [7, 11) is 3.15. The third-order valence-corrected chi connectivity index (χ3v) is 4.54. The van der Waals surface area contributed by atoms with E-state index < -0.39 is 0 Å². The van der Waals surface area contributed by atoms with Gasteiger partial charge >= 0.3 is 0 Å². The number of halogens is 1. The lowest BCUT2D eigenvalue weighted by Gasteiger charge is -2.25. The molecule has 0 saturated heterocycles. The maximum Gasteiger partial charge on any atom is 0.254 e. The maximum atomic E-state index is 13.2. The van der Waals surface area contributed by atoms with Crippen LogP contribution in [0.1, 0.15) is 29.9 Å². The summed E-state index contributed by atoms with van der Waals surface area (Å²) in [6.45, 7) is 4.08. The van der Waals surface area contributed by atoms with E-state index in [2.05, 4.69) is 5.16 Å². The number of hydrogen-bond acceptors (Lipinski definition) is 5. The number of hydrogen-bond donors (Lipinski definition) is 0. The Hall–Kier alpha value is -3.35. The van der Waals surface area contributed by atoms with Gasteiger partial charge in [-0.1, -0.05) is 5.16 Å². The number of aromatic nitrogens is 1. The molecule has 0 spiro atoms. The molecule has 7 heteroatoms. The first-order valence-corrected chi connectivity index (χ1v) is 9.17. The zero-order chi connectivity index (χ0) is 21.0. The summed E-state index contributed by atoms with van der Waals surface area (Å²) in [6.07, 6.45) is 0. The van der Waals surface area contributed by atoms with E-state index in [9.17, 15) is 9.18 Å². The first-order valence-electron chi connectivity index (χ1n) is 9.17. The molecule has 0 bridgehead atoms. The minimum atomic E-state index is -0.382. The molecular formula is C22H23FN2O4. The molecule has 6 nitrogen and oxygen atoms in total. The van der Waals surface area contributed by atoms with Crippen molar-refractivity contribution in [3.63, 3.8) is 0 Å². The predicted molar refractivity (Wildman–Crippen MR) is 106 cm³/mol. The molecule has 1 amide bonds. The molecule has 0 radical (unpaired) electrons. The van der Waals surface area contributed by atoms with Crippen molar-refractivity contribution in [2.24, 2.45) is 0 Å². The van der Waals surface area contributed by atoms with Gasteiger partial charge in [0.25, 0.3) is 5.91 Å². The monoisotopic (exact) mass is 398 g/mol. The molecule has 29 heavy (non-hydrogen) atoms. The van der Waals surface area contributed by atoms with Crippen LogP contribution in [0.5, 0.6) is 11.5 Å². The molecule has 152 valence electrons. The largest absolute Gasteiger partial charge is 0.497 e. The zero-order valence-electron chi connectivity index (χ0n) is 16.8. The van der Waals surface area contributed by atoms with Crippen LogP contribution >= 0.6 is 0 Å². The van der Waals surface area contributed by atoms with Gasteiger partial charge in [0.05, 0.1) is 26.3 Å². The Morgan fingerprint density at radius 2 is 1.83 bits per heavy atom. The highest BCUT2D eigenvalue weighted by atomic mass is 19.1. The van der Waals surface area contributed by atoms with Crippen LogP contribution in [0.25, 0.3) is 11.3 Å². The molecule has 0 N–H and O–H groups in total. The highest BCUT2D eigenvalue weighted by molar-refractivity contribution is 5.94. The van der Waals surface area contributed by atoms with Crippen molar-refractivity contribution in [1.82, 2.24) is 10.1 Å². The number of nitrogens with zero attached hydrogens (tertiary/aromatic N) is 2. The van der Waals surface area contributed by atoms with Crippen LogP contribution in [0.4, 0.5) is 4.39 Å². The molecule has 0 unspecified atom stereocenters. The summed E-state index contributed by atoms with van der Waals surface area (Å²) in [5, 5.41) is 4.11. The van der Waals surface area contributed by atoms with E-state index in [4.69, 9.17) is 14.0 Å². The van der Waals surface area contributed by atoms with Crippen molar-refractivity contribution in [1.29, 1.82) is 0 Å². The number of amides is 1. The fourth-order valence-corrected chi connectivity index (χ4v) is 2.94. The van der Waals surface area contributed by atoms with Gasteiger partial charge in [-0.15, -0.1) is 0 Å². The van der Waals surface area contributed by atoms with Crippen LogP contribution in [0.15, 0.2) is 53.1 Å². The minimum absolute atomic E-state index is 0.0803. The van der Waals surface area contributed by atoms with Crippen molar-refractivity contribution >= 4 is 5.91 Å². The highest BCUT2D eigenvalue weighted by Gasteiger charge is 2.22. The van der Waals surface area contributed by atoms with E-state index in [1.165, 1.54) is 24.3 Å². The van der Waals surface area contributed by atoms with Gasteiger partial charge in [-0.25, -0.2) is 4.39 Å². The summed E-state index contributed by atoms with van der Waals surface area (Å²) in [6, 6.07) is 12.6. The summed E-state index contributed by atoms with van der Waals surface area (Å²) in [5.74, 6) is 1.20. The predicted octanol–water partition coefficient (Wildman–Crippen LogP) is 4.55. The lowest BCUT2D eigenvalue weighted by atomic mass is 10.1. The Kier molecular flexibility index (Phi) is 6.16. The fourth-order valence-electron chi connectivity index (χ4n) is 2.94. The first kappa shape index (κ1) is 20.4. The normalized spacial score (nSPS) is 10.8. The van der Waals surface area contributed by atoms with Gasteiger partial charge in [-0.2, -0.15) is 0 Å². The Balaban J connectivity index is 1.83. The summed E-state index contributed by atoms with van der Waals surface area (Å²) < 4.78 is 29.3. The van der Waals surface area contributed by atoms with E-state index in [0.717, 1.165) is 5.56 Å². The molecule has 1 heterocycles. The van der Waals surface area contributed by atoms with Crippen LogP contribution in [-0.4, -0.2) is 36.2 Å². The highest BCUT2D eigenvalue weighted by Crippen LogP contribution is 2.33. The quantitative estimate of drug-likeness (QED) is 0.584. The van der Waals surface area contributed by atoms with Crippen molar-refractivity contribution < 1.29 is 23.2 Å². The van der Waals surface area contributed by atoms with Gasteiger partial charge in [-0.3, -0.25) is 4.79 Å². The number of ether oxygens (including phenoxy) is 2. The van der Waals surface area contributed by atoms with Gasteiger partial charge in [-0.05, 0) is 50.2 Å². The minimum Gasteiger partial charge on any atom is -0.497 e. The van der Waals surface area contributed by atoms with E-state index >= 15 is 0 Å². The third-order valence-electron chi connectivity index (χ3n) is 4.54. The molecular weight excluding hydrogens is 375 g/mol. The van der Waals surface area contributed by atoms with E-state index in [1.54, 1.807) is 37.3 Å². The lowest BCUT2D eigenvalue weighted by Crippen LogP contribution is -2.36. The van der Waals surface area contributed by atoms with Crippen molar-refractivity contribution in [2.45, 2.75) is 26.4 Å². The molecule has 0 aliphatic rings. The summed E-state index contributed by atoms with van der Waals surface area (Å²) in [4.78, 5) is 14.5. The molecule has 1 aromatic heterocycles. The topological polar surface area (TPSA) is 64.8 Å². The van der Waals surface area contributed by atoms with E-state index in [1.807, 2.05) is 19.9 Å². The molecule has 0 saturated carbocycles. The average molecular weight is 398 g/mol. The van der Waals surface area contributed by atoms with Crippen molar-refractivity contribution in [3.8, 4) is 22.8 Å². The number of rotatable bonds is 7. The standard InChI is InChI=1S/C22H23FN2O4/c1-14(2)25(22(26)15-5-7-16(23)8-6-15)13-17-11-21(29-24-17)19-10-9-18(27-3)12-20(19)28-4/h5-12,14H,13H2,1-4H3. The molecule has 0 aliphatic carbocycles. The second-order valence-electron chi connectivity index (χ2n) is 6.78. The van der Waals surface area contributed by atoms with Gasteiger partial charge in [0.1, 0.15) is 23.0 Å². The molecule has 0 fully saturated rings. The number of carbonyl (C=O) groups is 1. The maximum absolute atomic E-state index is 13.2. The number of benzene rings is 2. The Bertz CT molecular complexity index is 983. The van der Waals surface area contributed by atoms with E-state index in [0.29, 0.717) is 28.5 Å². The second-order valence-corrected chi connectivity index (χ2v) is 6.78. The zero-order valence-corrected chi connectivity index (χ0v) is 16.8.